The van der Waals surface area contributed by atoms with Gasteiger partial charge in [0, 0.05) is 26.2 Å². The Labute approximate surface area is 197 Å². The number of methoxy groups -OCH3 is 2. The van der Waals surface area contributed by atoms with Gasteiger partial charge in [0.05, 0.1) is 5.69 Å². The molecule has 1 saturated heterocycles. The molecule has 2 aliphatic heterocycles. The van der Waals surface area contributed by atoms with E-state index >= 15 is 0 Å². The normalized spacial score (nSPS) is 35.4. The Morgan fingerprint density at radius 3 is 2.76 bits per heavy atom. The number of carbonyl (C=O) groups is 1. The van der Waals surface area contributed by atoms with Gasteiger partial charge in [0.25, 0.3) is 0 Å². The van der Waals surface area contributed by atoms with Crippen LogP contribution in [0.2, 0.25) is 0 Å². The third-order valence-corrected chi connectivity index (χ3v) is 7.39. The van der Waals surface area contributed by atoms with Gasteiger partial charge in [0.2, 0.25) is 11.4 Å². The number of phenolic OH excluding ortho intramolecular Hbond substituents is 1. The van der Waals surface area contributed by atoms with E-state index in [4.69, 9.17) is 18.9 Å². The quantitative estimate of drug-likeness (QED) is 0.306. The van der Waals surface area contributed by atoms with Crippen molar-refractivity contribution in [2.75, 3.05) is 25.7 Å². The summed E-state index contributed by atoms with van der Waals surface area (Å²) in [4.78, 5) is 14.7. The van der Waals surface area contributed by atoms with Crippen LogP contribution in [0.25, 0.3) is 0 Å². The van der Waals surface area contributed by atoms with Crippen LogP contribution in [0.15, 0.2) is 43.0 Å². The van der Waals surface area contributed by atoms with Gasteiger partial charge in [-0.1, -0.05) is 43.3 Å². The molecule has 2 heterocycles. The van der Waals surface area contributed by atoms with Crippen molar-refractivity contribution in [2.45, 2.75) is 42.0 Å². The number of hydrogen-bond donors (Lipinski definition) is 2. The first kappa shape index (κ1) is 22.5. The number of epoxide rings is 1. The van der Waals surface area contributed by atoms with Gasteiger partial charge in [-0.05, 0) is 36.3 Å². The van der Waals surface area contributed by atoms with E-state index in [-0.39, 0.29) is 24.7 Å². The van der Waals surface area contributed by atoms with E-state index in [0.29, 0.717) is 11.3 Å². The Morgan fingerprint density at radius 2 is 2.06 bits per heavy atom. The summed E-state index contributed by atoms with van der Waals surface area (Å²) < 4.78 is 23.6. The van der Waals surface area contributed by atoms with Crippen LogP contribution < -0.4 is 4.90 Å². The molecule has 0 aromatic heterocycles. The lowest BCUT2D eigenvalue weighted by atomic mass is 9.55. The van der Waals surface area contributed by atoms with Crippen LogP contribution in [-0.2, 0) is 24.5 Å². The van der Waals surface area contributed by atoms with Crippen LogP contribution >= 0.6 is 0 Å². The van der Waals surface area contributed by atoms with Crippen LogP contribution in [0.5, 0.6) is 5.75 Å². The number of phenols is 1. The molecule has 1 aromatic carbocycles. The maximum atomic E-state index is 13.3. The van der Waals surface area contributed by atoms with Gasteiger partial charge in [0.1, 0.15) is 24.0 Å². The molecule has 5 atom stereocenters. The van der Waals surface area contributed by atoms with Crippen LogP contribution in [0.1, 0.15) is 18.9 Å². The zero-order valence-corrected chi connectivity index (χ0v) is 19.1. The summed E-state index contributed by atoms with van der Waals surface area (Å²) >= 11 is 0. The fourth-order valence-electron chi connectivity index (χ4n) is 5.99. The third kappa shape index (κ3) is 2.41. The molecular weight excluding hydrogens is 438 g/mol. The van der Waals surface area contributed by atoms with E-state index in [1.807, 2.05) is 6.92 Å². The number of hydrogen-bond acceptors (Lipinski definition) is 7. The molecule has 2 N–H and O–H groups in total. The fraction of sp³-hybridized carbons (Fsp3) is 0.423. The molecule has 1 saturated carbocycles. The fourth-order valence-corrected chi connectivity index (χ4v) is 5.99. The number of aromatic hydroxyl groups is 1. The smallest absolute Gasteiger partial charge is 0.415 e. The Kier molecular flexibility index (Phi) is 4.88. The van der Waals surface area contributed by atoms with E-state index in [1.165, 1.54) is 43.4 Å². The van der Waals surface area contributed by atoms with Gasteiger partial charge >= 0.3 is 6.09 Å². The highest BCUT2D eigenvalue weighted by atomic mass is 16.7. The highest BCUT2D eigenvalue weighted by molar-refractivity contribution is 5.93. The van der Waals surface area contributed by atoms with Crippen molar-refractivity contribution in [3.63, 3.8) is 0 Å². The molecule has 8 heteroatoms. The molecule has 1 amide bonds. The third-order valence-electron chi connectivity index (χ3n) is 7.39. The molecule has 0 radical (unpaired) electrons. The Bertz CT molecular complexity index is 1230. The number of carbonyl (C=O) groups excluding carboxylic acids is 1. The molecule has 1 aromatic rings. The molecule has 4 aliphatic rings. The van der Waals surface area contributed by atoms with Gasteiger partial charge in [-0.15, -0.1) is 0 Å². The number of ether oxygens (including phenoxy) is 4. The standard InChI is InChI=1S/C26H25NO7/c1-5-14-33-22(29)27-20-12-11-18(28)15-19(20)26-23(30)13-9-7-6-8-10-21(27)25(26,34-26)17(2)16-24(23,31-3)32-4/h5-7,11-12,15,17,21,28,30H,1,14,16H2,2-4H3/t17-,21+,23-,25-,26-/m0/s1. The molecule has 5 rings (SSSR count). The molecule has 0 spiro atoms. The predicted molar refractivity (Wildman–Crippen MR) is 122 cm³/mol. The first-order valence-corrected chi connectivity index (χ1v) is 10.9. The van der Waals surface area contributed by atoms with Crippen molar-refractivity contribution in [2.24, 2.45) is 5.92 Å². The van der Waals surface area contributed by atoms with Gasteiger partial charge in [-0.25, -0.2) is 4.79 Å². The lowest BCUT2D eigenvalue weighted by Crippen LogP contribution is -2.73. The molecule has 8 nitrogen and oxygen atoms in total. The Hall–Kier alpha value is -3.27. The molecule has 4 bridgehead atoms. The summed E-state index contributed by atoms with van der Waals surface area (Å²) in [5.74, 6) is 9.93. The minimum atomic E-state index is -2.02. The highest BCUT2D eigenvalue weighted by Crippen LogP contribution is 2.77. The van der Waals surface area contributed by atoms with Crippen LogP contribution in [0, 0.1) is 29.6 Å². The second kappa shape index (κ2) is 7.36. The summed E-state index contributed by atoms with van der Waals surface area (Å²) in [5, 5.41) is 22.8. The minimum absolute atomic E-state index is 0.00320. The topological polar surface area (TPSA) is 101 Å². The average Bonchev–Trinajstić information content (AvgIpc) is 3.56. The molecule has 2 aliphatic carbocycles. The van der Waals surface area contributed by atoms with Crippen molar-refractivity contribution in [3.8, 4) is 29.4 Å². The van der Waals surface area contributed by atoms with Crippen molar-refractivity contribution in [1.82, 2.24) is 0 Å². The van der Waals surface area contributed by atoms with Crippen LogP contribution in [0.4, 0.5) is 10.5 Å². The number of rotatable bonds is 4. The summed E-state index contributed by atoms with van der Waals surface area (Å²) in [7, 11) is 2.89. The number of amides is 1. The number of anilines is 1. The average molecular weight is 463 g/mol. The maximum Gasteiger partial charge on any atom is 0.415 e. The zero-order chi connectivity index (χ0) is 24.4. The molecule has 0 unspecified atom stereocenters. The SMILES string of the molecule is C=CCOC(=O)N1c2ccc(O)cc2[C@@]23O[C@]24[C@@H](C)CC(OC)(OC)[C@@]3(O)C#CC=CC#C[C@@H]14. The number of aliphatic hydroxyl groups is 1. The van der Waals surface area contributed by atoms with Crippen LogP contribution in [-0.4, -0.2) is 60.2 Å². The molecule has 2 fully saturated rings. The van der Waals surface area contributed by atoms with Gasteiger partial charge in [-0.3, -0.25) is 4.90 Å². The van der Waals surface area contributed by atoms with Gasteiger partial charge < -0.3 is 29.2 Å². The summed E-state index contributed by atoms with van der Waals surface area (Å²) in [6.45, 7) is 5.54. The Morgan fingerprint density at radius 1 is 1.32 bits per heavy atom. The molecule has 34 heavy (non-hydrogen) atoms. The van der Waals surface area contributed by atoms with E-state index < -0.39 is 34.7 Å². The van der Waals surface area contributed by atoms with Crippen molar-refractivity contribution in [1.29, 1.82) is 0 Å². The van der Waals surface area contributed by atoms with Crippen molar-refractivity contribution in [3.05, 3.63) is 48.6 Å². The monoisotopic (exact) mass is 463 g/mol. The van der Waals surface area contributed by atoms with Crippen molar-refractivity contribution >= 4 is 11.8 Å². The molecule has 176 valence electrons. The predicted octanol–water partition coefficient (Wildman–Crippen LogP) is 2.20. The lowest BCUT2D eigenvalue weighted by Gasteiger charge is -2.55. The van der Waals surface area contributed by atoms with Gasteiger partial charge in [-0.2, -0.15) is 0 Å². The van der Waals surface area contributed by atoms with E-state index in [0.717, 1.165) is 0 Å². The second-order valence-corrected chi connectivity index (χ2v) is 8.78. The first-order chi connectivity index (χ1) is 16.3. The number of nitrogens with zero attached hydrogens (tertiary/aromatic N) is 1. The van der Waals surface area contributed by atoms with E-state index in [9.17, 15) is 15.0 Å². The second-order valence-electron chi connectivity index (χ2n) is 8.78. The first-order valence-electron chi connectivity index (χ1n) is 10.9. The lowest BCUT2D eigenvalue weighted by molar-refractivity contribution is -0.316. The number of benzene rings is 1. The summed E-state index contributed by atoms with van der Waals surface area (Å²) in [5.41, 5.74) is -3.96. The largest absolute Gasteiger partial charge is 0.508 e. The van der Waals surface area contributed by atoms with Crippen molar-refractivity contribution < 1.29 is 34.0 Å². The van der Waals surface area contributed by atoms with Crippen LogP contribution in [0.3, 0.4) is 0 Å². The Balaban J connectivity index is 1.88. The number of fused-ring (bicyclic) bond motifs is 1. The minimum Gasteiger partial charge on any atom is -0.508 e. The van der Waals surface area contributed by atoms with E-state index in [2.05, 4.69) is 30.3 Å². The van der Waals surface area contributed by atoms with E-state index in [1.54, 1.807) is 12.1 Å². The zero-order valence-electron chi connectivity index (χ0n) is 19.1. The highest BCUT2D eigenvalue weighted by Gasteiger charge is 2.93. The molecular formula is C26H25NO7. The summed E-state index contributed by atoms with van der Waals surface area (Å²) in [6.07, 6.45) is 4.08. The maximum absolute atomic E-state index is 13.3. The summed E-state index contributed by atoms with van der Waals surface area (Å²) in [6, 6.07) is 3.66. The van der Waals surface area contributed by atoms with Gasteiger partial charge in [0.15, 0.2) is 5.60 Å². The number of allylic oxidation sites excluding steroid dienone is 2.